The molecule has 35 heavy (non-hydrogen) atoms. The van der Waals surface area contributed by atoms with E-state index in [0.29, 0.717) is 36.0 Å². The number of carbonyl (C=O) groups is 1. The first kappa shape index (κ1) is 24.3. The SMILES string of the molecule is C=CCN(C(=O)CCc1ccc(OC)c(OC)c1)c1nc(-c2ccc(OC)c3ccccc23)cs1. The maximum absolute atomic E-state index is 13.2. The molecule has 1 amide bonds. The third kappa shape index (κ3) is 5.15. The number of carbonyl (C=O) groups excluding carboxylic acids is 1. The van der Waals surface area contributed by atoms with Crippen molar-refractivity contribution in [3.05, 3.63) is 78.2 Å². The van der Waals surface area contributed by atoms with E-state index < -0.39 is 0 Å². The monoisotopic (exact) mass is 488 g/mol. The van der Waals surface area contributed by atoms with Crippen LogP contribution in [0.1, 0.15) is 12.0 Å². The van der Waals surface area contributed by atoms with Crippen molar-refractivity contribution >= 4 is 33.1 Å². The van der Waals surface area contributed by atoms with Crippen LogP contribution in [0.3, 0.4) is 0 Å². The van der Waals surface area contributed by atoms with Crippen molar-refractivity contribution < 1.29 is 19.0 Å². The standard InChI is InChI=1S/C28H28N2O4S/c1-5-16-30(27(31)15-11-19-10-13-25(33-3)26(17-19)34-4)28-29-23(18-35-28)21-12-14-24(32-2)22-9-7-6-8-20(21)22/h5-10,12-14,17-18H,1,11,15-16H2,2-4H3. The molecule has 0 saturated carbocycles. The van der Waals surface area contributed by atoms with Gasteiger partial charge in [-0.15, -0.1) is 17.9 Å². The van der Waals surface area contributed by atoms with Gasteiger partial charge in [-0.25, -0.2) is 4.98 Å². The van der Waals surface area contributed by atoms with Crippen molar-refractivity contribution in [1.29, 1.82) is 0 Å². The second-order valence-electron chi connectivity index (χ2n) is 7.86. The fraction of sp³-hybridized carbons (Fsp3) is 0.214. The fourth-order valence-electron chi connectivity index (χ4n) is 4.02. The summed E-state index contributed by atoms with van der Waals surface area (Å²) in [5, 5.41) is 4.72. The van der Waals surface area contributed by atoms with Gasteiger partial charge < -0.3 is 14.2 Å². The third-order valence-corrected chi connectivity index (χ3v) is 6.65. The Bertz CT molecular complexity index is 1350. The number of ether oxygens (including phenoxy) is 3. The first-order valence-corrected chi connectivity index (χ1v) is 12.1. The van der Waals surface area contributed by atoms with Crippen LogP contribution in [-0.4, -0.2) is 38.8 Å². The van der Waals surface area contributed by atoms with E-state index in [2.05, 4.69) is 12.6 Å². The summed E-state index contributed by atoms with van der Waals surface area (Å²) in [7, 11) is 4.87. The van der Waals surface area contributed by atoms with Crippen LogP contribution in [0.5, 0.6) is 17.2 Å². The molecule has 6 nitrogen and oxygen atoms in total. The molecule has 1 aromatic heterocycles. The van der Waals surface area contributed by atoms with Crippen LogP contribution >= 0.6 is 11.3 Å². The van der Waals surface area contributed by atoms with Crippen LogP contribution in [0.4, 0.5) is 5.13 Å². The second-order valence-corrected chi connectivity index (χ2v) is 8.70. The first-order valence-electron chi connectivity index (χ1n) is 11.2. The van der Waals surface area contributed by atoms with Crippen LogP contribution in [0.25, 0.3) is 22.0 Å². The molecule has 0 unspecified atom stereocenters. The van der Waals surface area contributed by atoms with Crippen LogP contribution < -0.4 is 19.1 Å². The number of amides is 1. The number of hydrogen-bond donors (Lipinski definition) is 0. The lowest BCUT2D eigenvalue weighted by Crippen LogP contribution is -2.31. The zero-order valence-corrected chi connectivity index (χ0v) is 20.9. The molecular formula is C28H28N2O4S. The molecule has 0 spiro atoms. The Morgan fingerprint density at radius 2 is 1.69 bits per heavy atom. The Hall–Kier alpha value is -3.84. The van der Waals surface area contributed by atoms with E-state index in [1.807, 2.05) is 53.9 Å². The molecule has 0 N–H and O–H groups in total. The van der Waals surface area contributed by atoms with Crippen molar-refractivity contribution in [3.8, 4) is 28.5 Å². The molecule has 0 aliphatic rings. The predicted molar refractivity (Wildman–Crippen MR) is 142 cm³/mol. The number of aromatic nitrogens is 1. The molecule has 0 fully saturated rings. The molecule has 4 aromatic rings. The van der Waals surface area contributed by atoms with Crippen LogP contribution in [-0.2, 0) is 11.2 Å². The molecule has 1 heterocycles. The molecule has 0 aliphatic heterocycles. The fourth-order valence-corrected chi connectivity index (χ4v) is 4.87. The van der Waals surface area contributed by atoms with Crippen LogP contribution in [0.15, 0.2) is 72.6 Å². The highest BCUT2D eigenvalue weighted by Gasteiger charge is 2.20. The number of thiazole rings is 1. The van der Waals surface area contributed by atoms with E-state index in [9.17, 15) is 4.79 Å². The zero-order chi connectivity index (χ0) is 24.8. The van der Waals surface area contributed by atoms with Crippen molar-refractivity contribution in [2.45, 2.75) is 12.8 Å². The van der Waals surface area contributed by atoms with Crippen molar-refractivity contribution in [2.24, 2.45) is 0 Å². The lowest BCUT2D eigenvalue weighted by atomic mass is 10.0. The van der Waals surface area contributed by atoms with Crippen molar-refractivity contribution in [1.82, 2.24) is 4.98 Å². The first-order chi connectivity index (χ1) is 17.1. The molecule has 0 atom stereocenters. The summed E-state index contributed by atoms with van der Waals surface area (Å²) in [6, 6.07) is 17.7. The molecule has 4 rings (SSSR count). The number of rotatable bonds is 10. The van der Waals surface area contributed by atoms with Crippen LogP contribution in [0, 0.1) is 0 Å². The molecular weight excluding hydrogens is 460 g/mol. The molecule has 3 aromatic carbocycles. The second kappa shape index (κ2) is 11.1. The number of fused-ring (bicyclic) bond motifs is 1. The van der Waals surface area contributed by atoms with E-state index in [-0.39, 0.29) is 5.91 Å². The van der Waals surface area contributed by atoms with Gasteiger partial charge in [0.05, 0.1) is 27.0 Å². The van der Waals surface area contributed by atoms with E-state index in [1.165, 1.54) is 11.3 Å². The minimum Gasteiger partial charge on any atom is -0.496 e. The predicted octanol–water partition coefficient (Wildman–Crippen LogP) is 6.14. The van der Waals surface area contributed by atoms with Crippen LogP contribution in [0.2, 0.25) is 0 Å². The van der Waals surface area contributed by atoms with Gasteiger partial charge in [-0.1, -0.05) is 36.4 Å². The highest BCUT2D eigenvalue weighted by Crippen LogP contribution is 2.36. The maximum atomic E-state index is 13.2. The lowest BCUT2D eigenvalue weighted by Gasteiger charge is -2.18. The summed E-state index contributed by atoms with van der Waals surface area (Å²) < 4.78 is 16.2. The quantitative estimate of drug-likeness (QED) is 0.251. The lowest BCUT2D eigenvalue weighted by molar-refractivity contribution is -0.118. The number of aryl methyl sites for hydroxylation is 1. The summed E-state index contributed by atoms with van der Waals surface area (Å²) in [4.78, 5) is 19.7. The van der Waals surface area contributed by atoms with Gasteiger partial charge in [0.2, 0.25) is 5.91 Å². The van der Waals surface area contributed by atoms with E-state index in [1.54, 1.807) is 32.3 Å². The number of nitrogens with zero attached hydrogens (tertiary/aromatic N) is 2. The van der Waals surface area contributed by atoms with Gasteiger partial charge >= 0.3 is 0 Å². The normalized spacial score (nSPS) is 10.7. The van der Waals surface area contributed by atoms with Gasteiger partial charge in [-0.2, -0.15) is 0 Å². The molecule has 0 bridgehead atoms. The molecule has 0 aliphatic carbocycles. The van der Waals surface area contributed by atoms with Gasteiger partial charge in [0, 0.05) is 29.3 Å². The summed E-state index contributed by atoms with van der Waals surface area (Å²) in [6.07, 6.45) is 2.63. The maximum Gasteiger partial charge on any atom is 0.229 e. The summed E-state index contributed by atoms with van der Waals surface area (Å²) in [5.74, 6) is 2.12. The average molecular weight is 489 g/mol. The minimum absolute atomic E-state index is 0.0137. The molecule has 0 radical (unpaired) electrons. The Labute approximate surface area is 209 Å². The average Bonchev–Trinajstić information content (AvgIpc) is 3.39. The number of anilines is 1. The number of benzene rings is 3. The van der Waals surface area contributed by atoms with E-state index in [4.69, 9.17) is 19.2 Å². The van der Waals surface area contributed by atoms with Gasteiger partial charge in [0.1, 0.15) is 5.75 Å². The highest BCUT2D eigenvalue weighted by molar-refractivity contribution is 7.14. The third-order valence-electron chi connectivity index (χ3n) is 5.79. The Morgan fingerprint density at radius 1 is 0.971 bits per heavy atom. The zero-order valence-electron chi connectivity index (χ0n) is 20.1. The van der Waals surface area contributed by atoms with Crippen molar-refractivity contribution in [3.63, 3.8) is 0 Å². The smallest absolute Gasteiger partial charge is 0.229 e. The van der Waals surface area contributed by atoms with Gasteiger partial charge in [-0.3, -0.25) is 9.69 Å². The highest BCUT2D eigenvalue weighted by atomic mass is 32.1. The molecule has 7 heteroatoms. The van der Waals surface area contributed by atoms with E-state index >= 15 is 0 Å². The van der Waals surface area contributed by atoms with Gasteiger partial charge in [-0.05, 0) is 41.6 Å². The summed E-state index contributed by atoms with van der Waals surface area (Å²) in [5.41, 5.74) is 2.82. The Kier molecular flexibility index (Phi) is 7.67. The Morgan fingerprint density at radius 3 is 2.40 bits per heavy atom. The topological polar surface area (TPSA) is 60.9 Å². The summed E-state index contributed by atoms with van der Waals surface area (Å²) in [6.45, 7) is 4.22. The summed E-state index contributed by atoms with van der Waals surface area (Å²) >= 11 is 1.45. The largest absolute Gasteiger partial charge is 0.496 e. The molecule has 0 saturated heterocycles. The van der Waals surface area contributed by atoms with Gasteiger partial charge in [0.25, 0.3) is 0 Å². The van der Waals surface area contributed by atoms with Crippen molar-refractivity contribution in [2.75, 3.05) is 32.8 Å². The van der Waals surface area contributed by atoms with Gasteiger partial charge in [0.15, 0.2) is 16.6 Å². The van der Waals surface area contributed by atoms with E-state index in [0.717, 1.165) is 33.3 Å². The minimum atomic E-state index is -0.0137. The number of hydrogen-bond acceptors (Lipinski definition) is 6. The number of methoxy groups -OCH3 is 3. The molecule has 180 valence electrons. The Balaban J connectivity index is 1.56.